The number of aliphatic hydroxyl groups excluding tert-OH is 1. The Labute approximate surface area is 174 Å². The highest BCUT2D eigenvalue weighted by molar-refractivity contribution is 5.85. The number of halogens is 1. The van der Waals surface area contributed by atoms with Gasteiger partial charge in [-0.2, -0.15) is 0 Å². The summed E-state index contributed by atoms with van der Waals surface area (Å²) in [5, 5.41) is 10.2. The molecular formula is C22H32ClN3O2. The summed E-state index contributed by atoms with van der Waals surface area (Å²) in [6.45, 7) is 8.61. The SMILES string of the molecule is COc1cc(CC[C@@]2(CO)CCN(C(C)(C)c3ccc(C)nc3)C2)ccn1.Cl. The second-order valence-corrected chi connectivity index (χ2v) is 8.28. The van der Waals surface area contributed by atoms with Crippen molar-refractivity contribution in [1.82, 2.24) is 14.9 Å². The van der Waals surface area contributed by atoms with Crippen molar-refractivity contribution in [1.29, 1.82) is 0 Å². The second-order valence-electron chi connectivity index (χ2n) is 8.28. The van der Waals surface area contributed by atoms with Crippen molar-refractivity contribution in [3.8, 4) is 5.88 Å². The number of aryl methyl sites for hydroxylation is 2. The van der Waals surface area contributed by atoms with E-state index in [2.05, 4.69) is 40.8 Å². The van der Waals surface area contributed by atoms with Crippen molar-refractivity contribution in [2.24, 2.45) is 5.41 Å². The van der Waals surface area contributed by atoms with Gasteiger partial charge in [0.1, 0.15) is 0 Å². The summed E-state index contributed by atoms with van der Waals surface area (Å²) in [7, 11) is 1.64. The third-order valence-electron chi connectivity index (χ3n) is 6.13. The lowest BCUT2D eigenvalue weighted by Gasteiger charge is -2.37. The van der Waals surface area contributed by atoms with Crippen LogP contribution in [0.5, 0.6) is 5.88 Å². The zero-order chi connectivity index (χ0) is 19.5. The Hall–Kier alpha value is -1.69. The molecule has 154 valence electrons. The molecule has 0 amide bonds. The molecule has 0 unspecified atom stereocenters. The molecule has 1 N–H and O–H groups in total. The second kappa shape index (κ2) is 9.21. The van der Waals surface area contributed by atoms with Gasteiger partial charge in [0.25, 0.3) is 0 Å². The molecule has 1 atom stereocenters. The van der Waals surface area contributed by atoms with E-state index in [1.165, 1.54) is 11.1 Å². The quantitative estimate of drug-likeness (QED) is 0.759. The standard InChI is InChI=1S/C22H31N3O2.ClH/c1-17-5-6-19(14-24-17)21(2,3)25-12-10-22(15-25,16-26)9-7-18-8-11-23-20(13-18)27-4;/h5-6,8,11,13-14,26H,7,9-10,12,15-16H2,1-4H3;1H/t22-;/m1./s1. The lowest BCUT2D eigenvalue weighted by atomic mass is 9.82. The highest BCUT2D eigenvalue weighted by Crippen LogP contribution is 2.41. The Morgan fingerprint density at radius 3 is 2.68 bits per heavy atom. The molecule has 6 heteroatoms. The van der Waals surface area contributed by atoms with Crippen LogP contribution in [0.15, 0.2) is 36.7 Å². The van der Waals surface area contributed by atoms with E-state index in [0.717, 1.165) is 38.0 Å². The summed E-state index contributed by atoms with van der Waals surface area (Å²) in [5.74, 6) is 0.645. The van der Waals surface area contributed by atoms with Gasteiger partial charge in [0.2, 0.25) is 5.88 Å². The van der Waals surface area contributed by atoms with Gasteiger partial charge in [0.05, 0.1) is 7.11 Å². The zero-order valence-corrected chi connectivity index (χ0v) is 18.1. The van der Waals surface area contributed by atoms with Crippen molar-refractivity contribution >= 4 is 12.4 Å². The lowest BCUT2D eigenvalue weighted by molar-refractivity contribution is 0.0870. The molecule has 0 saturated carbocycles. The van der Waals surface area contributed by atoms with Gasteiger partial charge >= 0.3 is 0 Å². The summed E-state index contributed by atoms with van der Waals surface area (Å²) in [5.41, 5.74) is 3.30. The number of hydrogen-bond donors (Lipinski definition) is 1. The maximum atomic E-state index is 10.2. The zero-order valence-electron chi connectivity index (χ0n) is 17.3. The first-order valence-electron chi connectivity index (χ1n) is 9.66. The number of hydrogen-bond acceptors (Lipinski definition) is 5. The van der Waals surface area contributed by atoms with E-state index in [0.29, 0.717) is 5.88 Å². The van der Waals surface area contributed by atoms with Crippen LogP contribution in [0.4, 0.5) is 0 Å². The van der Waals surface area contributed by atoms with Crippen LogP contribution in [-0.2, 0) is 12.0 Å². The van der Waals surface area contributed by atoms with Gasteiger partial charge in [-0.15, -0.1) is 12.4 Å². The first-order chi connectivity index (χ1) is 12.9. The molecule has 5 nitrogen and oxygen atoms in total. The molecule has 0 aliphatic carbocycles. The van der Waals surface area contributed by atoms with E-state index in [-0.39, 0.29) is 30.0 Å². The molecule has 28 heavy (non-hydrogen) atoms. The predicted octanol–water partition coefficient (Wildman–Crippen LogP) is 3.77. The molecule has 0 aromatic carbocycles. The van der Waals surface area contributed by atoms with Crippen LogP contribution in [0.1, 0.15) is 43.5 Å². The van der Waals surface area contributed by atoms with Gasteiger partial charge in [-0.3, -0.25) is 9.88 Å². The smallest absolute Gasteiger partial charge is 0.213 e. The van der Waals surface area contributed by atoms with Crippen LogP contribution in [0.3, 0.4) is 0 Å². The molecule has 1 aliphatic heterocycles. The van der Waals surface area contributed by atoms with E-state index < -0.39 is 0 Å². The van der Waals surface area contributed by atoms with E-state index in [4.69, 9.17) is 4.74 Å². The number of rotatable bonds is 7. The van der Waals surface area contributed by atoms with E-state index >= 15 is 0 Å². The van der Waals surface area contributed by atoms with Crippen molar-refractivity contribution in [2.75, 3.05) is 26.8 Å². The van der Waals surface area contributed by atoms with Crippen molar-refractivity contribution in [3.63, 3.8) is 0 Å². The van der Waals surface area contributed by atoms with Crippen LogP contribution in [-0.4, -0.2) is 46.8 Å². The Balaban J connectivity index is 0.00000280. The molecule has 1 saturated heterocycles. The molecule has 3 heterocycles. The molecule has 3 rings (SSSR count). The maximum absolute atomic E-state index is 10.2. The Kier molecular flexibility index (Phi) is 7.43. The minimum atomic E-state index is -0.0997. The highest BCUT2D eigenvalue weighted by atomic mass is 35.5. The molecule has 0 spiro atoms. The number of pyridine rings is 2. The third-order valence-corrected chi connectivity index (χ3v) is 6.13. The molecule has 1 aliphatic rings. The van der Waals surface area contributed by atoms with E-state index in [1.807, 2.05) is 25.3 Å². The monoisotopic (exact) mass is 405 g/mol. The van der Waals surface area contributed by atoms with E-state index in [1.54, 1.807) is 13.3 Å². The summed E-state index contributed by atoms with van der Waals surface area (Å²) < 4.78 is 5.22. The van der Waals surface area contributed by atoms with E-state index in [9.17, 15) is 5.11 Å². The summed E-state index contributed by atoms with van der Waals surface area (Å²) in [6, 6.07) is 8.26. The molecule has 0 radical (unpaired) electrons. The largest absolute Gasteiger partial charge is 0.481 e. The van der Waals surface area contributed by atoms with Crippen LogP contribution < -0.4 is 4.74 Å². The predicted molar refractivity (Wildman–Crippen MR) is 114 cm³/mol. The van der Waals surface area contributed by atoms with Gasteiger partial charge in [0.15, 0.2) is 0 Å². The molecular weight excluding hydrogens is 374 g/mol. The maximum Gasteiger partial charge on any atom is 0.213 e. The third kappa shape index (κ3) is 4.83. The van der Waals surface area contributed by atoms with Gasteiger partial charge in [-0.05, 0) is 69.8 Å². The summed E-state index contributed by atoms with van der Waals surface area (Å²) in [6.07, 6.45) is 6.65. The first-order valence-corrected chi connectivity index (χ1v) is 9.66. The normalized spacial score (nSPS) is 20.0. The molecule has 2 aromatic rings. The Morgan fingerprint density at radius 1 is 1.25 bits per heavy atom. The summed E-state index contributed by atoms with van der Waals surface area (Å²) in [4.78, 5) is 11.1. The molecule has 1 fully saturated rings. The number of aromatic nitrogens is 2. The number of nitrogens with zero attached hydrogens (tertiary/aromatic N) is 3. The average Bonchev–Trinajstić information content (AvgIpc) is 3.13. The number of aliphatic hydroxyl groups is 1. The van der Waals surface area contributed by atoms with Crippen molar-refractivity contribution < 1.29 is 9.84 Å². The van der Waals surface area contributed by atoms with Crippen LogP contribution in [0.2, 0.25) is 0 Å². The highest BCUT2D eigenvalue weighted by Gasteiger charge is 2.43. The number of methoxy groups -OCH3 is 1. The topological polar surface area (TPSA) is 58.5 Å². The molecule has 0 bridgehead atoms. The Bertz CT molecular complexity index is 767. The fourth-order valence-corrected chi connectivity index (χ4v) is 3.96. The van der Waals surface area contributed by atoms with Crippen LogP contribution in [0, 0.1) is 12.3 Å². The van der Waals surface area contributed by atoms with Gasteiger partial charge in [0, 0.05) is 48.3 Å². The fraction of sp³-hybridized carbons (Fsp3) is 0.545. The van der Waals surface area contributed by atoms with Gasteiger partial charge < -0.3 is 9.84 Å². The van der Waals surface area contributed by atoms with Gasteiger partial charge in [-0.25, -0.2) is 4.98 Å². The number of ether oxygens (including phenoxy) is 1. The Morgan fingerprint density at radius 2 is 2.04 bits per heavy atom. The fourth-order valence-electron chi connectivity index (χ4n) is 3.96. The van der Waals surface area contributed by atoms with Gasteiger partial charge in [-0.1, -0.05) is 6.07 Å². The first kappa shape index (κ1) is 22.6. The average molecular weight is 406 g/mol. The minimum Gasteiger partial charge on any atom is -0.481 e. The van der Waals surface area contributed by atoms with Crippen LogP contribution >= 0.6 is 12.4 Å². The summed E-state index contributed by atoms with van der Waals surface area (Å²) >= 11 is 0. The minimum absolute atomic E-state index is 0. The number of likely N-dealkylation sites (tertiary alicyclic amines) is 1. The van der Waals surface area contributed by atoms with Crippen molar-refractivity contribution in [2.45, 2.75) is 45.6 Å². The lowest BCUT2D eigenvalue weighted by Crippen LogP contribution is -2.42. The van der Waals surface area contributed by atoms with Crippen LogP contribution in [0.25, 0.3) is 0 Å². The molecule has 2 aromatic heterocycles. The van der Waals surface area contributed by atoms with Crippen molar-refractivity contribution in [3.05, 3.63) is 53.5 Å².